The average molecular weight is 394 g/mol. The lowest BCUT2D eigenvalue weighted by Gasteiger charge is -2.07. The van der Waals surface area contributed by atoms with Crippen LogP contribution < -0.4 is 0 Å². The van der Waals surface area contributed by atoms with Crippen LogP contribution in [0.2, 0.25) is 0 Å². The number of rotatable bonds is 7. The van der Waals surface area contributed by atoms with Gasteiger partial charge in [0.15, 0.2) is 17.5 Å². The first-order valence-corrected chi connectivity index (χ1v) is 10.5. The van der Waals surface area contributed by atoms with Crippen molar-refractivity contribution in [1.29, 1.82) is 0 Å². The van der Waals surface area contributed by atoms with Gasteiger partial charge in [0.25, 0.3) is 0 Å². The van der Waals surface area contributed by atoms with E-state index < -0.39 is 17.5 Å². The van der Waals surface area contributed by atoms with E-state index in [0.29, 0.717) is 11.1 Å². The van der Waals surface area contributed by atoms with E-state index in [1.807, 2.05) is 18.2 Å². The van der Waals surface area contributed by atoms with Gasteiger partial charge in [-0.1, -0.05) is 69.0 Å². The first-order chi connectivity index (χ1) is 14.1. The molecule has 0 atom stereocenters. The van der Waals surface area contributed by atoms with Crippen molar-refractivity contribution in [2.75, 3.05) is 0 Å². The zero-order valence-corrected chi connectivity index (χ0v) is 16.7. The molecule has 0 radical (unpaired) electrons. The van der Waals surface area contributed by atoms with Gasteiger partial charge in [-0.05, 0) is 70.3 Å². The summed E-state index contributed by atoms with van der Waals surface area (Å²) < 4.78 is 40.5. The van der Waals surface area contributed by atoms with Crippen molar-refractivity contribution in [3.63, 3.8) is 0 Å². The average Bonchev–Trinajstić information content (AvgIpc) is 3.08. The summed E-state index contributed by atoms with van der Waals surface area (Å²) in [6.07, 6.45) is 8.29. The number of unbranched alkanes of at least 4 members (excludes halogenated alkanes) is 4. The van der Waals surface area contributed by atoms with Gasteiger partial charge < -0.3 is 0 Å². The van der Waals surface area contributed by atoms with Crippen molar-refractivity contribution in [3.05, 3.63) is 82.7 Å². The summed E-state index contributed by atoms with van der Waals surface area (Å²) >= 11 is 0. The zero-order chi connectivity index (χ0) is 20.4. The summed E-state index contributed by atoms with van der Waals surface area (Å²) in [7, 11) is 0. The lowest BCUT2D eigenvalue weighted by molar-refractivity contribution is 0.448. The highest BCUT2D eigenvalue weighted by Crippen LogP contribution is 2.39. The normalized spacial score (nSPS) is 12.1. The molecule has 4 rings (SSSR count). The van der Waals surface area contributed by atoms with Crippen LogP contribution in [0.25, 0.3) is 22.3 Å². The van der Waals surface area contributed by atoms with Crippen LogP contribution in [-0.2, 0) is 12.8 Å². The minimum atomic E-state index is -1.43. The summed E-state index contributed by atoms with van der Waals surface area (Å²) in [5.74, 6) is -3.75. The maximum Gasteiger partial charge on any atom is 0.194 e. The summed E-state index contributed by atoms with van der Waals surface area (Å²) in [6, 6.07) is 14.6. The number of hydrogen-bond acceptors (Lipinski definition) is 0. The van der Waals surface area contributed by atoms with Crippen LogP contribution in [0.5, 0.6) is 0 Å². The van der Waals surface area contributed by atoms with E-state index in [1.54, 1.807) is 0 Å². The molecular formula is C26H25F3. The quantitative estimate of drug-likeness (QED) is 0.221. The molecule has 0 amide bonds. The van der Waals surface area contributed by atoms with Crippen LogP contribution in [0.4, 0.5) is 13.2 Å². The smallest absolute Gasteiger partial charge is 0.194 e. The van der Waals surface area contributed by atoms with E-state index >= 15 is 0 Å². The summed E-state index contributed by atoms with van der Waals surface area (Å²) in [5, 5.41) is 0. The van der Waals surface area contributed by atoms with E-state index in [1.165, 1.54) is 54.4 Å². The molecule has 0 nitrogen and oxygen atoms in total. The highest BCUT2D eigenvalue weighted by molar-refractivity contribution is 5.80. The fourth-order valence-corrected chi connectivity index (χ4v) is 4.25. The molecule has 0 heterocycles. The van der Waals surface area contributed by atoms with Crippen molar-refractivity contribution in [1.82, 2.24) is 0 Å². The zero-order valence-electron chi connectivity index (χ0n) is 16.7. The highest BCUT2D eigenvalue weighted by Gasteiger charge is 2.20. The predicted molar refractivity (Wildman–Crippen MR) is 112 cm³/mol. The third-order valence-corrected chi connectivity index (χ3v) is 5.83. The standard InChI is InChI=1S/C26H25F3/c1-2-3-4-5-6-7-17-8-10-22-20(12-17)14-21-13-18(9-11-23(21)22)19-15-24(27)26(29)25(28)16-19/h8-13,15-16H,2-7,14H2,1H3. The van der Waals surface area contributed by atoms with Crippen molar-refractivity contribution in [2.24, 2.45) is 0 Å². The first kappa shape index (κ1) is 19.8. The fourth-order valence-electron chi connectivity index (χ4n) is 4.25. The SMILES string of the molecule is CCCCCCCc1ccc2c(c1)Cc1cc(-c3cc(F)c(F)c(F)c3)ccc1-2. The Labute approximate surface area is 170 Å². The molecule has 0 aromatic heterocycles. The van der Waals surface area contributed by atoms with Gasteiger partial charge in [-0.2, -0.15) is 0 Å². The van der Waals surface area contributed by atoms with Crippen LogP contribution in [0.15, 0.2) is 48.5 Å². The number of hydrogen-bond donors (Lipinski definition) is 0. The summed E-state index contributed by atoms with van der Waals surface area (Å²) in [6.45, 7) is 2.23. The molecule has 0 N–H and O–H groups in total. The Hall–Kier alpha value is -2.55. The molecule has 0 aliphatic heterocycles. The largest absolute Gasteiger partial charge is 0.204 e. The van der Waals surface area contributed by atoms with E-state index in [-0.39, 0.29) is 0 Å². The molecular weight excluding hydrogens is 369 g/mol. The molecule has 0 fully saturated rings. The Balaban J connectivity index is 1.53. The molecule has 0 saturated heterocycles. The lowest BCUT2D eigenvalue weighted by Crippen LogP contribution is -1.92. The topological polar surface area (TPSA) is 0 Å². The van der Waals surface area contributed by atoms with Crippen molar-refractivity contribution >= 4 is 0 Å². The van der Waals surface area contributed by atoms with Crippen molar-refractivity contribution < 1.29 is 13.2 Å². The van der Waals surface area contributed by atoms with Crippen LogP contribution in [0.3, 0.4) is 0 Å². The first-order valence-electron chi connectivity index (χ1n) is 10.5. The summed E-state index contributed by atoms with van der Waals surface area (Å²) in [4.78, 5) is 0. The predicted octanol–water partition coefficient (Wildman–Crippen LogP) is 7.86. The molecule has 0 spiro atoms. The second-order valence-corrected chi connectivity index (χ2v) is 7.96. The molecule has 3 aromatic rings. The summed E-state index contributed by atoms with van der Waals surface area (Å²) in [5.41, 5.74) is 7.27. The molecule has 0 saturated carbocycles. The van der Waals surface area contributed by atoms with Crippen LogP contribution in [0.1, 0.15) is 55.7 Å². The molecule has 3 aromatic carbocycles. The molecule has 29 heavy (non-hydrogen) atoms. The maximum atomic E-state index is 13.6. The Morgan fingerprint density at radius 3 is 2.07 bits per heavy atom. The van der Waals surface area contributed by atoms with Gasteiger partial charge in [0, 0.05) is 0 Å². The Bertz CT molecular complexity index is 1010. The van der Waals surface area contributed by atoms with Gasteiger partial charge in [0.1, 0.15) is 0 Å². The second-order valence-electron chi connectivity index (χ2n) is 7.96. The monoisotopic (exact) mass is 394 g/mol. The fraction of sp³-hybridized carbons (Fsp3) is 0.308. The molecule has 150 valence electrons. The van der Waals surface area contributed by atoms with E-state index in [2.05, 4.69) is 25.1 Å². The number of benzene rings is 3. The molecule has 0 bridgehead atoms. The molecule has 1 aliphatic carbocycles. The van der Waals surface area contributed by atoms with Gasteiger partial charge in [-0.25, -0.2) is 13.2 Å². The van der Waals surface area contributed by atoms with Gasteiger partial charge in [-0.15, -0.1) is 0 Å². The Kier molecular flexibility index (Phi) is 5.75. The minimum absolute atomic E-state index is 0.355. The molecule has 3 heteroatoms. The van der Waals surface area contributed by atoms with E-state index in [4.69, 9.17) is 0 Å². The Morgan fingerprint density at radius 1 is 0.690 bits per heavy atom. The Morgan fingerprint density at radius 2 is 1.34 bits per heavy atom. The van der Waals surface area contributed by atoms with Gasteiger partial charge in [0.2, 0.25) is 0 Å². The van der Waals surface area contributed by atoms with Crippen molar-refractivity contribution in [2.45, 2.75) is 51.9 Å². The van der Waals surface area contributed by atoms with Crippen LogP contribution in [0, 0.1) is 17.5 Å². The third-order valence-electron chi connectivity index (χ3n) is 5.83. The van der Waals surface area contributed by atoms with Gasteiger partial charge in [-0.3, -0.25) is 0 Å². The minimum Gasteiger partial charge on any atom is -0.204 e. The van der Waals surface area contributed by atoms with Gasteiger partial charge >= 0.3 is 0 Å². The van der Waals surface area contributed by atoms with Crippen molar-refractivity contribution in [3.8, 4) is 22.3 Å². The third kappa shape index (κ3) is 4.10. The van der Waals surface area contributed by atoms with Crippen LogP contribution >= 0.6 is 0 Å². The molecule has 1 aliphatic rings. The maximum absolute atomic E-state index is 13.6. The van der Waals surface area contributed by atoms with Crippen LogP contribution in [-0.4, -0.2) is 0 Å². The van der Waals surface area contributed by atoms with Gasteiger partial charge in [0.05, 0.1) is 0 Å². The lowest BCUT2D eigenvalue weighted by atomic mass is 9.98. The number of aryl methyl sites for hydroxylation is 1. The molecule has 0 unspecified atom stereocenters. The highest BCUT2D eigenvalue weighted by atomic mass is 19.2. The number of fused-ring (bicyclic) bond motifs is 3. The second kappa shape index (κ2) is 8.44. The van der Waals surface area contributed by atoms with E-state index in [0.717, 1.165) is 30.5 Å². The van der Waals surface area contributed by atoms with E-state index in [9.17, 15) is 13.2 Å². The number of halogens is 3.